The fraction of sp³-hybridized carbons (Fsp3) is 0.400. The molecule has 0 radical (unpaired) electrons. The average molecular weight is 341 g/mol. The van der Waals surface area contributed by atoms with Gasteiger partial charge in [-0.1, -0.05) is 17.3 Å². The Morgan fingerprint density at radius 1 is 1.29 bits per heavy atom. The van der Waals surface area contributed by atoms with E-state index in [2.05, 4.69) is 14.7 Å². The van der Waals surface area contributed by atoms with E-state index in [4.69, 9.17) is 0 Å². The summed E-state index contributed by atoms with van der Waals surface area (Å²) in [7, 11) is 0. The monoisotopic (exact) mass is 341 g/mol. The van der Waals surface area contributed by atoms with Gasteiger partial charge in [-0.15, -0.1) is 0 Å². The van der Waals surface area contributed by atoms with Gasteiger partial charge in [-0.3, -0.25) is 4.79 Å². The van der Waals surface area contributed by atoms with Gasteiger partial charge in [0.2, 0.25) is 5.82 Å². The molecule has 1 aliphatic heterocycles. The Kier molecular flexibility index (Phi) is 4.27. The van der Waals surface area contributed by atoms with Gasteiger partial charge in [0.05, 0.1) is 6.10 Å². The van der Waals surface area contributed by atoms with Crippen molar-refractivity contribution in [2.45, 2.75) is 25.1 Å². The van der Waals surface area contributed by atoms with E-state index in [0.29, 0.717) is 24.1 Å². The Labute approximate surface area is 134 Å². The molecule has 0 spiro atoms. The first kappa shape index (κ1) is 16.4. The highest BCUT2D eigenvalue weighted by atomic mass is 19.4. The Bertz CT molecular complexity index is 728. The van der Waals surface area contributed by atoms with Crippen LogP contribution in [0.25, 0.3) is 11.4 Å². The van der Waals surface area contributed by atoms with E-state index in [1.165, 1.54) is 24.3 Å². The molecule has 1 aromatic heterocycles. The van der Waals surface area contributed by atoms with Gasteiger partial charge in [-0.25, -0.2) is 0 Å². The third-order valence-electron chi connectivity index (χ3n) is 3.74. The smallest absolute Gasteiger partial charge is 0.391 e. The zero-order valence-corrected chi connectivity index (χ0v) is 12.5. The number of piperidine rings is 1. The van der Waals surface area contributed by atoms with Crippen LogP contribution in [0.3, 0.4) is 0 Å². The molecule has 1 atom stereocenters. The largest absolute Gasteiger partial charge is 0.471 e. The molecule has 24 heavy (non-hydrogen) atoms. The first-order valence-corrected chi connectivity index (χ1v) is 7.33. The summed E-state index contributed by atoms with van der Waals surface area (Å²) in [6.07, 6.45) is -3.83. The molecule has 2 aromatic rings. The zero-order chi connectivity index (χ0) is 17.3. The predicted molar refractivity (Wildman–Crippen MR) is 75.9 cm³/mol. The lowest BCUT2D eigenvalue weighted by Crippen LogP contribution is -2.42. The van der Waals surface area contributed by atoms with E-state index in [1.54, 1.807) is 4.90 Å². The van der Waals surface area contributed by atoms with Crippen molar-refractivity contribution in [2.24, 2.45) is 0 Å². The topological polar surface area (TPSA) is 79.5 Å². The average Bonchev–Trinajstić information content (AvgIpc) is 3.04. The molecule has 0 unspecified atom stereocenters. The van der Waals surface area contributed by atoms with Crippen LogP contribution in [0.2, 0.25) is 0 Å². The maximum Gasteiger partial charge on any atom is 0.471 e. The summed E-state index contributed by atoms with van der Waals surface area (Å²) in [6.45, 7) is 0.845. The van der Waals surface area contributed by atoms with E-state index >= 15 is 0 Å². The maximum absolute atomic E-state index is 12.5. The van der Waals surface area contributed by atoms with Crippen LogP contribution in [0.1, 0.15) is 29.1 Å². The van der Waals surface area contributed by atoms with Gasteiger partial charge in [-0.05, 0) is 25.0 Å². The molecule has 0 bridgehead atoms. The van der Waals surface area contributed by atoms with E-state index in [-0.39, 0.29) is 18.3 Å². The van der Waals surface area contributed by atoms with Gasteiger partial charge in [0.25, 0.3) is 5.91 Å². The van der Waals surface area contributed by atoms with Crippen molar-refractivity contribution < 1.29 is 27.6 Å². The normalized spacial score (nSPS) is 18.7. The molecule has 2 heterocycles. The van der Waals surface area contributed by atoms with Crippen LogP contribution in [0.5, 0.6) is 0 Å². The number of rotatable bonds is 2. The standard InChI is InChI=1S/C15H14F3N3O3/c16-15(17,18)14-19-12(20-24-14)9-3-5-10(6-4-9)13(23)21-7-1-2-11(22)8-21/h3-6,11,22H,1-2,7-8H2/t11-/m0/s1. The third-order valence-corrected chi connectivity index (χ3v) is 3.74. The van der Waals surface area contributed by atoms with Gasteiger partial charge < -0.3 is 14.5 Å². The van der Waals surface area contributed by atoms with Crippen molar-refractivity contribution in [3.63, 3.8) is 0 Å². The van der Waals surface area contributed by atoms with Gasteiger partial charge >= 0.3 is 12.1 Å². The summed E-state index contributed by atoms with van der Waals surface area (Å²) in [5.74, 6) is -1.85. The molecule has 0 aliphatic carbocycles. The highest BCUT2D eigenvalue weighted by Crippen LogP contribution is 2.29. The Hall–Kier alpha value is -2.42. The second-order valence-corrected chi connectivity index (χ2v) is 5.55. The summed E-state index contributed by atoms with van der Waals surface area (Å²) in [6, 6.07) is 5.89. The lowest BCUT2D eigenvalue weighted by Gasteiger charge is -2.30. The van der Waals surface area contributed by atoms with Crippen LogP contribution in [0.4, 0.5) is 13.2 Å². The summed E-state index contributed by atoms with van der Waals surface area (Å²) in [5.41, 5.74) is 0.692. The molecule has 9 heteroatoms. The highest BCUT2D eigenvalue weighted by molar-refractivity contribution is 5.94. The van der Waals surface area contributed by atoms with E-state index in [9.17, 15) is 23.1 Å². The number of hydrogen-bond donors (Lipinski definition) is 1. The van der Waals surface area contributed by atoms with Crippen LogP contribution >= 0.6 is 0 Å². The molecule has 1 aliphatic rings. The molecule has 0 saturated carbocycles. The molecule has 3 rings (SSSR count). The van der Waals surface area contributed by atoms with Crippen molar-refractivity contribution in [1.29, 1.82) is 0 Å². The summed E-state index contributed by atoms with van der Waals surface area (Å²) in [4.78, 5) is 17.2. The third kappa shape index (κ3) is 3.40. The van der Waals surface area contributed by atoms with Crippen LogP contribution in [-0.4, -0.2) is 45.2 Å². The second-order valence-electron chi connectivity index (χ2n) is 5.55. The number of carbonyl (C=O) groups excluding carboxylic acids is 1. The Morgan fingerprint density at radius 2 is 2.00 bits per heavy atom. The molecular weight excluding hydrogens is 327 g/mol. The SMILES string of the molecule is O=C(c1ccc(-c2noc(C(F)(F)F)n2)cc1)N1CCC[C@H](O)C1. The number of nitrogens with zero attached hydrogens (tertiary/aromatic N) is 3. The number of hydrogen-bond acceptors (Lipinski definition) is 5. The number of carbonyl (C=O) groups is 1. The minimum Gasteiger partial charge on any atom is -0.391 e. The number of aromatic nitrogens is 2. The maximum atomic E-state index is 12.5. The lowest BCUT2D eigenvalue weighted by atomic mass is 10.1. The van der Waals surface area contributed by atoms with Crippen molar-refractivity contribution >= 4 is 5.91 Å². The van der Waals surface area contributed by atoms with Gasteiger partial charge in [0.1, 0.15) is 0 Å². The number of halogens is 3. The van der Waals surface area contributed by atoms with Gasteiger partial charge in [-0.2, -0.15) is 18.2 Å². The minimum atomic E-state index is -4.70. The number of aliphatic hydroxyl groups excluding tert-OH is 1. The minimum absolute atomic E-state index is 0.199. The van der Waals surface area contributed by atoms with Crippen LogP contribution in [-0.2, 0) is 6.18 Å². The number of alkyl halides is 3. The Balaban J connectivity index is 1.75. The molecule has 6 nitrogen and oxygen atoms in total. The van der Waals surface area contributed by atoms with E-state index in [0.717, 1.165) is 6.42 Å². The number of aliphatic hydroxyl groups is 1. The number of likely N-dealkylation sites (tertiary alicyclic amines) is 1. The van der Waals surface area contributed by atoms with Crippen molar-refractivity contribution in [2.75, 3.05) is 13.1 Å². The molecule has 1 aromatic carbocycles. The molecule has 128 valence electrons. The number of benzene rings is 1. The predicted octanol–water partition coefficient (Wildman–Crippen LogP) is 2.35. The number of β-amino-alcohol motifs (C(OH)–C–C–N with tert-alkyl or cyclic N) is 1. The zero-order valence-electron chi connectivity index (χ0n) is 12.5. The van der Waals surface area contributed by atoms with Gasteiger partial charge in [0.15, 0.2) is 0 Å². The van der Waals surface area contributed by atoms with Crippen LogP contribution < -0.4 is 0 Å². The molecule has 1 N–H and O–H groups in total. The quantitative estimate of drug-likeness (QED) is 0.907. The van der Waals surface area contributed by atoms with E-state index < -0.39 is 18.2 Å². The second kappa shape index (κ2) is 6.23. The fourth-order valence-electron chi connectivity index (χ4n) is 2.54. The molecular formula is C15H14F3N3O3. The first-order chi connectivity index (χ1) is 11.3. The van der Waals surface area contributed by atoms with E-state index in [1.807, 2.05) is 0 Å². The Morgan fingerprint density at radius 3 is 2.58 bits per heavy atom. The van der Waals surface area contributed by atoms with Crippen LogP contribution in [0, 0.1) is 0 Å². The first-order valence-electron chi connectivity index (χ1n) is 7.33. The summed E-state index contributed by atoms with van der Waals surface area (Å²) in [5, 5.41) is 12.9. The lowest BCUT2D eigenvalue weighted by molar-refractivity contribution is -0.159. The summed E-state index contributed by atoms with van der Waals surface area (Å²) < 4.78 is 41.6. The van der Waals surface area contributed by atoms with Crippen molar-refractivity contribution in [1.82, 2.24) is 15.0 Å². The number of amides is 1. The van der Waals surface area contributed by atoms with Gasteiger partial charge in [0, 0.05) is 24.2 Å². The van der Waals surface area contributed by atoms with Crippen molar-refractivity contribution in [3.05, 3.63) is 35.7 Å². The molecule has 1 fully saturated rings. The van der Waals surface area contributed by atoms with Crippen molar-refractivity contribution in [3.8, 4) is 11.4 Å². The molecule has 1 saturated heterocycles. The molecule has 1 amide bonds. The highest BCUT2D eigenvalue weighted by Gasteiger charge is 2.38. The summed E-state index contributed by atoms with van der Waals surface area (Å²) >= 11 is 0. The fourth-order valence-corrected chi connectivity index (χ4v) is 2.54. The van der Waals surface area contributed by atoms with Crippen LogP contribution in [0.15, 0.2) is 28.8 Å².